The van der Waals surface area contributed by atoms with Crippen molar-refractivity contribution in [1.82, 2.24) is 28.9 Å². The predicted molar refractivity (Wildman–Crippen MR) is 427 cm³/mol. The van der Waals surface area contributed by atoms with Crippen molar-refractivity contribution >= 4 is 136 Å². The monoisotopic (exact) mass is 1560 g/mol. The van der Waals surface area contributed by atoms with Crippen LogP contribution in [0, 0.1) is 86.9 Å². The number of ketones is 4. The number of hydrogen-bond donors (Lipinski definition) is 5. The van der Waals surface area contributed by atoms with Crippen molar-refractivity contribution in [2.24, 2.45) is 59.2 Å². The van der Waals surface area contributed by atoms with E-state index in [2.05, 4.69) is 125 Å². The van der Waals surface area contributed by atoms with E-state index in [1.165, 1.54) is 19.9 Å². The first kappa shape index (κ1) is 75.8. The van der Waals surface area contributed by atoms with E-state index in [1.54, 1.807) is 26.0 Å². The number of benzene rings is 1. The molecule has 0 saturated carbocycles. The van der Waals surface area contributed by atoms with Crippen LogP contribution < -0.4 is 37.5 Å². The third-order valence-electron chi connectivity index (χ3n) is 28.0. The number of fused-ring (bicyclic) bond motifs is 2. The lowest BCUT2D eigenvalue weighted by atomic mass is 9.80. The number of rotatable bonds is 22. The zero-order valence-corrected chi connectivity index (χ0v) is 68.3. The maximum absolute atomic E-state index is 14.9. The number of carboxylic acids is 1. The lowest BCUT2D eigenvalue weighted by Crippen LogP contribution is -2.70. The minimum Gasteiger partial charge on any atom is -0.481 e. The van der Waals surface area contributed by atoms with E-state index < -0.39 is 60.3 Å². The van der Waals surface area contributed by atoms with Gasteiger partial charge >= 0.3 is 42.8 Å². The Morgan fingerprint density at radius 2 is 1.00 bits per heavy atom. The summed E-state index contributed by atoms with van der Waals surface area (Å²) >= 11 is 0. The number of amides is 1. The molecule has 1 aromatic carbocycles. The van der Waals surface area contributed by atoms with Crippen molar-refractivity contribution in [2.45, 2.75) is 185 Å². The third-order valence-corrected chi connectivity index (χ3v) is 28.0. The summed E-state index contributed by atoms with van der Waals surface area (Å²) in [6, 6.07) is 6.36. The number of aromatic nitrogens is 4. The lowest BCUT2D eigenvalue weighted by molar-refractivity contribution is -0.838. The first-order valence-electron chi connectivity index (χ1n) is 40.9. The van der Waals surface area contributed by atoms with E-state index in [1.807, 2.05) is 60.6 Å². The molecule has 0 saturated heterocycles. The summed E-state index contributed by atoms with van der Waals surface area (Å²) in [5.74, 6) is -7.88. The summed E-state index contributed by atoms with van der Waals surface area (Å²) < 4.78 is 35.2. The molecular formula is C89H99BN10O15+4. The number of aliphatic carboxylic acids is 1. The molecule has 14 aliphatic rings. The normalized spacial score (nSPS) is 26.6. The van der Waals surface area contributed by atoms with Crippen LogP contribution in [0.1, 0.15) is 220 Å². The fraction of sp³-hybridized carbons (Fsp3) is 0.472. The van der Waals surface area contributed by atoms with E-state index in [0.717, 1.165) is 114 Å². The van der Waals surface area contributed by atoms with Gasteiger partial charge in [0.1, 0.15) is 11.6 Å². The van der Waals surface area contributed by atoms with Crippen LogP contribution in [-0.4, -0.2) is 174 Å². The predicted octanol–water partition coefficient (Wildman–Crippen LogP) is 5.22. The number of Topliss-reactive ketones (excluding diaryl/α,β-unsaturated/α-hetero) is 4. The van der Waals surface area contributed by atoms with Gasteiger partial charge in [-0.25, -0.2) is 0 Å². The summed E-state index contributed by atoms with van der Waals surface area (Å²) in [5.41, 5.74) is 19.5. The van der Waals surface area contributed by atoms with Crippen LogP contribution in [0.25, 0.3) is 47.6 Å². The van der Waals surface area contributed by atoms with Crippen LogP contribution in [0.3, 0.4) is 0 Å². The highest BCUT2D eigenvalue weighted by Crippen LogP contribution is 2.59. The number of esters is 3. The molecule has 0 fully saturated rings. The SMILES string of the molecule is CC[C@H]1C2=[N+]3C(=Cc4c(C(C)=O)c(C)c5n4[C@]34n3c(c(C)c6c3=C(C3=[N+]4C(=C5)[C@@H](C)[C@@H]3CCC(=O)NCCC[C@H](NCCc3ccc(B(O)O)cc3)C(=O)OC(C)(C)C)C(C(=O)OC)C6=O)=C2)[C@@H]1C.CC[C@H]1C2=[N+]3C(=Cc4c(C(C)=O)c(C)c5n4[C@]34n3c(c(C)c6c3=C(C3=[N+]4C(=C5)[C@@H](C)[C@@H]3CCC(=O)O)C(C(=O)OC)C6=O)=C2)[C@@H]1C. The molecule has 0 bridgehead atoms. The fourth-order valence-electron chi connectivity index (χ4n) is 23.2. The molecule has 13 atom stereocenters. The molecule has 5 aromatic rings. The Morgan fingerprint density at radius 1 is 0.574 bits per heavy atom. The molecule has 4 aromatic heterocycles. The van der Waals surface area contributed by atoms with Crippen LogP contribution in [0.5, 0.6) is 0 Å². The molecule has 26 heteroatoms. The van der Waals surface area contributed by atoms with Crippen LogP contribution in [0.15, 0.2) is 47.1 Å². The Hall–Kier alpha value is -10.6. The number of methoxy groups -OCH3 is 2. The van der Waals surface area contributed by atoms with Gasteiger partial charge in [0.05, 0.1) is 117 Å². The van der Waals surface area contributed by atoms with Crippen LogP contribution in [-0.2, 0) is 56.4 Å². The molecule has 115 heavy (non-hydrogen) atoms. The number of allylic oxidation sites excluding steroid dienone is 4. The van der Waals surface area contributed by atoms with Crippen molar-refractivity contribution in [2.75, 3.05) is 27.3 Å². The topological polar surface area (TPSA) is 298 Å². The molecule has 2 unspecified atom stereocenters. The van der Waals surface area contributed by atoms with Crippen molar-refractivity contribution in [3.05, 3.63) is 141 Å². The zero-order chi connectivity index (χ0) is 81.8. The minimum atomic E-state index is -1.54. The van der Waals surface area contributed by atoms with Gasteiger partial charge in [0.2, 0.25) is 17.3 Å². The smallest absolute Gasteiger partial charge is 0.481 e. The van der Waals surface area contributed by atoms with Crippen LogP contribution in [0.2, 0.25) is 0 Å². The van der Waals surface area contributed by atoms with Crippen molar-refractivity contribution in [3.8, 4) is 0 Å². The largest absolute Gasteiger partial charge is 0.552 e. The van der Waals surface area contributed by atoms with Crippen molar-refractivity contribution in [1.29, 1.82) is 0 Å². The molecule has 1 amide bonds. The molecule has 2 spiro atoms. The molecule has 594 valence electrons. The summed E-state index contributed by atoms with van der Waals surface area (Å²) in [6.07, 6.45) is 17.5. The second-order valence-corrected chi connectivity index (χ2v) is 34.9. The Morgan fingerprint density at radius 3 is 1.41 bits per heavy atom. The standard InChI is InChI=1S/C53H62BN6O9.C36H35N4O6/c1-11-33-26(2)36-25-41-43(30(6)61)28(4)38-23-37-27(3)34(18-19-42(62)56-21-12-13-35(50(64)69-52(7,8)9)55-22-20-31-14-16-32(17-15-31)54(66)67)47-45-46(51(65)68-10)49(63)44-29(5)39-24-40(33)57(36)53(58(38)41,59(37)47)60(39)48(44)45;1-8-19-14(2)21-13-26-28(18(6)41)16(4)23-11-22-15(3)20(9-10-27(42)43)32-30-31(35(45)46-7)34(44)29-17(5)24-12-25(19)37(21)36(38(23)26,39(22)32)40(24)33(29)30/h14-17,23-27,33-35,46,55,66-67H,11-13,18-22H2,1-10H3;11-15,19-20,31H,8-10H2,1-7H3/q2*+1/p+2/t26-,27+,33-,34+,35+,46?,53-;14-,15+,19-,20+,31?,36-/m11/s1. The molecule has 19 rings (SSSR count). The van der Waals surface area contributed by atoms with Gasteiger partial charge in [-0.2, -0.15) is 18.3 Å². The zero-order valence-electron chi connectivity index (χ0n) is 68.3. The average molecular weight is 1560 g/mol. The van der Waals surface area contributed by atoms with Gasteiger partial charge in [-0.05, 0) is 147 Å². The molecule has 2 aliphatic carbocycles. The quantitative estimate of drug-likeness (QED) is 0.0113. The summed E-state index contributed by atoms with van der Waals surface area (Å²) in [7, 11) is 1.09. The van der Waals surface area contributed by atoms with Gasteiger partial charge in [-0.3, -0.25) is 43.2 Å². The highest BCUT2D eigenvalue weighted by Gasteiger charge is 2.80. The fourth-order valence-corrected chi connectivity index (χ4v) is 23.2. The first-order chi connectivity index (χ1) is 54.7. The number of nitrogens with zero attached hydrogens (tertiary/aromatic N) is 8. The summed E-state index contributed by atoms with van der Waals surface area (Å²) in [6.45, 7) is 30.8. The molecule has 16 heterocycles. The maximum Gasteiger partial charge on any atom is 0.552 e. The summed E-state index contributed by atoms with van der Waals surface area (Å²) in [5, 5.41) is 38.5. The first-order valence-corrected chi connectivity index (χ1v) is 40.9. The Labute approximate surface area is 665 Å². The number of hydrogen-bond acceptors (Lipinski definition) is 15. The number of carbonyl (C=O) groups is 9. The Kier molecular flexibility index (Phi) is 17.1. The average Bonchev–Trinajstić information content (AvgIpc) is 1.47. The van der Waals surface area contributed by atoms with Crippen molar-refractivity contribution in [3.63, 3.8) is 0 Å². The van der Waals surface area contributed by atoms with E-state index >= 15 is 0 Å². The van der Waals surface area contributed by atoms with E-state index in [-0.39, 0.29) is 95.2 Å². The number of nitrogens with one attached hydrogen (secondary N) is 2. The molecular weight excluding hydrogens is 1460 g/mol. The Bertz CT molecular complexity index is 6060. The van der Waals surface area contributed by atoms with Crippen LogP contribution in [0.4, 0.5) is 0 Å². The second-order valence-electron chi connectivity index (χ2n) is 34.9. The van der Waals surface area contributed by atoms with Gasteiger partial charge in [-0.1, -0.05) is 84.1 Å². The van der Waals surface area contributed by atoms with E-state index in [0.29, 0.717) is 94.8 Å². The third kappa shape index (κ3) is 9.69. The highest BCUT2D eigenvalue weighted by molar-refractivity contribution is 6.58. The molecule has 12 aliphatic heterocycles. The van der Waals surface area contributed by atoms with Gasteiger partial charge in [0, 0.05) is 78.1 Å². The van der Waals surface area contributed by atoms with Gasteiger partial charge < -0.3 is 40.0 Å². The highest BCUT2D eigenvalue weighted by atomic mass is 16.6. The Balaban J connectivity index is 0.000000172. The summed E-state index contributed by atoms with van der Waals surface area (Å²) in [4.78, 5) is 123. The second kappa shape index (κ2) is 26.0. The van der Waals surface area contributed by atoms with Crippen molar-refractivity contribution < 1.29 is 90.8 Å². The minimum absolute atomic E-state index is 0.00588. The van der Waals surface area contributed by atoms with Crippen LogP contribution >= 0.6 is 0 Å². The van der Waals surface area contributed by atoms with Gasteiger partial charge in [0.15, 0.2) is 69.2 Å². The molecule has 5 N–H and O–H groups in total. The molecule has 25 nitrogen and oxygen atoms in total. The van der Waals surface area contributed by atoms with Gasteiger partial charge in [-0.15, -0.1) is 0 Å². The number of carbonyl (C=O) groups excluding carboxylic acids is 8. The maximum atomic E-state index is 14.9. The number of carboxylic acid groups (broad SMARTS) is 1. The van der Waals surface area contributed by atoms with Gasteiger partial charge in [0.25, 0.3) is 0 Å². The van der Waals surface area contributed by atoms with E-state index in [4.69, 9.17) is 14.2 Å². The lowest BCUT2D eigenvalue weighted by Gasteiger charge is -2.39. The van der Waals surface area contributed by atoms with E-state index in [9.17, 15) is 58.3 Å². The molecule has 0 radical (unpaired) electrons. The number of ether oxygens (including phenoxy) is 3.